The molecular formula is C12H17N3O4. The lowest BCUT2D eigenvalue weighted by molar-refractivity contribution is -0.137. The Bertz CT molecular complexity index is 411. The van der Waals surface area contributed by atoms with Crippen LogP contribution in [0.25, 0.3) is 0 Å². The van der Waals surface area contributed by atoms with Gasteiger partial charge in [0.1, 0.15) is 6.54 Å². The third kappa shape index (κ3) is 5.82. The van der Waals surface area contributed by atoms with Crippen LogP contribution in [0.1, 0.15) is 5.56 Å². The van der Waals surface area contributed by atoms with Gasteiger partial charge in [0.15, 0.2) is 0 Å². The number of carbonyl (C=O) groups is 2. The lowest BCUT2D eigenvalue weighted by Crippen LogP contribution is -2.44. The van der Waals surface area contributed by atoms with Crippen molar-refractivity contribution in [3.63, 3.8) is 0 Å². The van der Waals surface area contributed by atoms with Crippen molar-refractivity contribution in [3.8, 4) is 0 Å². The Balaban J connectivity index is 2.48. The molecule has 104 valence electrons. The standard InChI is InChI=1S/C12H17N3O4/c1-19-6-5-15(9-11(16)17)12(18)14-8-10-3-2-4-13-7-10/h2-4,7H,5-6,8-9H2,1H3,(H,14,18)(H,16,17). The molecule has 2 N–H and O–H groups in total. The zero-order valence-corrected chi connectivity index (χ0v) is 10.7. The molecule has 0 spiro atoms. The monoisotopic (exact) mass is 267 g/mol. The fourth-order valence-electron chi connectivity index (χ4n) is 1.41. The molecule has 0 bridgehead atoms. The summed E-state index contributed by atoms with van der Waals surface area (Å²) in [5.41, 5.74) is 0.845. The van der Waals surface area contributed by atoms with Crippen LogP contribution in [0.15, 0.2) is 24.5 Å². The fraction of sp³-hybridized carbons (Fsp3) is 0.417. The van der Waals surface area contributed by atoms with E-state index in [0.29, 0.717) is 6.54 Å². The SMILES string of the molecule is COCCN(CC(=O)O)C(=O)NCc1cccnc1. The number of nitrogens with zero attached hydrogens (tertiary/aromatic N) is 2. The third-order valence-electron chi connectivity index (χ3n) is 2.35. The number of carboxylic acid groups (broad SMARTS) is 1. The van der Waals surface area contributed by atoms with Crippen LogP contribution in [0.4, 0.5) is 4.79 Å². The van der Waals surface area contributed by atoms with Gasteiger partial charge < -0.3 is 20.1 Å². The number of pyridine rings is 1. The molecule has 0 fully saturated rings. The largest absolute Gasteiger partial charge is 0.480 e. The Hall–Kier alpha value is -2.15. The van der Waals surface area contributed by atoms with Gasteiger partial charge in [0.05, 0.1) is 6.61 Å². The molecule has 0 aliphatic carbocycles. The second kappa shape index (κ2) is 8.04. The smallest absolute Gasteiger partial charge is 0.323 e. The number of ether oxygens (including phenoxy) is 1. The highest BCUT2D eigenvalue weighted by atomic mass is 16.5. The zero-order valence-electron chi connectivity index (χ0n) is 10.7. The molecule has 7 nitrogen and oxygen atoms in total. The number of aliphatic carboxylic acids is 1. The lowest BCUT2D eigenvalue weighted by atomic mass is 10.3. The minimum Gasteiger partial charge on any atom is -0.480 e. The van der Waals surface area contributed by atoms with Gasteiger partial charge in [-0.15, -0.1) is 0 Å². The van der Waals surface area contributed by atoms with Gasteiger partial charge in [-0.05, 0) is 11.6 Å². The number of methoxy groups -OCH3 is 1. The molecule has 0 unspecified atom stereocenters. The van der Waals surface area contributed by atoms with Gasteiger partial charge in [-0.1, -0.05) is 6.07 Å². The van der Waals surface area contributed by atoms with E-state index in [1.54, 1.807) is 18.5 Å². The average molecular weight is 267 g/mol. The second-order valence-corrected chi connectivity index (χ2v) is 3.83. The molecule has 0 saturated heterocycles. The maximum atomic E-state index is 11.8. The third-order valence-corrected chi connectivity index (χ3v) is 2.35. The van der Waals surface area contributed by atoms with Gasteiger partial charge in [0, 0.05) is 32.6 Å². The van der Waals surface area contributed by atoms with Crippen LogP contribution in [0.5, 0.6) is 0 Å². The molecule has 0 aromatic carbocycles. The molecule has 0 aliphatic rings. The van der Waals surface area contributed by atoms with Gasteiger partial charge in [-0.25, -0.2) is 4.79 Å². The average Bonchev–Trinajstić information content (AvgIpc) is 2.41. The molecule has 0 atom stereocenters. The Kier molecular flexibility index (Phi) is 6.31. The highest BCUT2D eigenvalue weighted by molar-refractivity contribution is 5.80. The molecule has 1 rings (SSSR count). The summed E-state index contributed by atoms with van der Waals surface area (Å²) in [4.78, 5) is 27.6. The van der Waals surface area contributed by atoms with E-state index in [-0.39, 0.29) is 19.7 Å². The quantitative estimate of drug-likeness (QED) is 0.742. The van der Waals surface area contributed by atoms with E-state index in [1.165, 1.54) is 12.0 Å². The molecule has 1 heterocycles. The minimum absolute atomic E-state index is 0.224. The summed E-state index contributed by atoms with van der Waals surface area (Å²) in [6.07, 6.45) is 3.28. The first kappa shape index (κ1) is 14.9. The van der Waals surface area contributed by atoms with Gasteiger partial charge >= 0.3 is 12.0 Å². The molecule has 1 aromatic rings. The van der Waals surface area contributed by atoms with Crippen LogP contribution in [-0.4, -0.2) is 53.8 Å². The van der Waals surface area contributed by atoms with Crippen molar-refractivity contribution >= 4 is 12.0 Å². The van der Waals surface area contributed by atoms with Gasteiger partial charge in [-0.3, -0.25) is 9.78 Å². The van der Waals surface area contributed by atoms with Crippen LogP contribution in [0, 0.1) is 0 Å². The summed E-state index contributed by atoms with van der Waals surface area (Å²) in [6, 6.07) is 3.15. The first-order chi connectivity index (χ1) is 9.13. The van der Waals surface area contributed by atoms with Crippen molar-refractivity contribution in [2.24, 2.45) is 0 Å². The van der Waals surface area contributed by atoms with E-state index < -0.39 is 12.0 Å². The predicted octanol–water partition coefficient (Wildman–Crippen LogP) is 0.324. The molecule has 19 heavy (non-hydrogen) atoms. The van der Waals surface area contributed by atoms with Crippen LogP contribution in [0.3, 0.4) is 0 Å². The molecule has 1 aromatic heterocycles. The molecule has 2 amide bonds. The normalized spacial score (nSPS) is 9.95. The van der Waals surface area contributed by atoms with Crippen molar-refractivity contribution in [2.45, 2.75) is 6.54 Å². The summed E-state index contributed by atoms with van der Waals surface area (Å²) in [7, 11) is 1.49. The second-order valence-electron chi connectivity index (χ2n) is 3.83. The highest BCUT2D eigenvalue weighted by Crippen LogP contribution is 1.96. The number of rotatable bonds is 7. The lowest BCUT2D eigenvalue weighted by Gasteiger charge is -2.20. The Labute approximate surface area is 111 Å². The van der Waals surface area contributed by atoms with Gasteiger partial charge in [0.2, 0.25) is 0 Å². The molecular weight excluding hydrogens is 250 g/mol. The number of carboxylic acids is 1. The molecule has 0 aliphatic heterocycles. The summed E-state index contributed by atoms with van der Waals surface area (Å²) in [6.45, 7) is 0.452. The molecule has 0 saturated carbocycles. The topological polar surface area (TPSA) is 91.8 Å². The van der Waals surface area contributed by atoms with E-state index in [0.717, 1.165) is 5.56 Å². The number of carbonyl (C=O) groups excluding carboxylic acids is 1. The van der Waals surface area contributed by atoms with E-state index >= 15 is 0 Å². The number of amides is 2. The zero-order chi connectivity index (χ0) is 14.1. The van der Waals surface area contributed by atoms with Crippen LogP contribution >= 0.6 is 0 Å². The van der Waals surface area contributed by atoms with Crippen molar-refractivity contribution in [1.29, 1.82) is 0 Å². The maximum absolute atomic E-state index is 11.8. The van der Waals surface area contributed by atoms with E-state index in [9.17, 15) is 9.59 Å². The predicted molar refractivity (Wildman–Crippen MR) is 67.6 cm³/mol. The number of hydrogen-bond donors (Lipinski definition) is 2. The van der Waals surface area contributed by atoms with E-state index in [4.69, 9.17) is 9.84 Å². The number of urea groups is 1. The number of hydrogen-bond acceptors (Lipinski definition) is 4. The Morgan fingerprint density at radius 1 is 1.53 bits per heavy atom. The first-order valence-corrected chi connectivity index (χ1v) is 5.76. The number of nitrogens with one attached hydrogen (secondary N) is 1. The van der Waals surface area contributed by atoms with Crippen molar-refractivity contribution in [2.75, 3.05) is 26.8 Å². The van der Waals surface area contributed by atoms with Crippen LogP contribution in [0.2, 0.25) is 0 Å². The summed E-state index contributed by atoms with van der Waals surface area (Å²) >= 11 is 0. The molecule has 0 radical (unpaired) electrons. The Morgan fingerprint density at radius 2 is 2.32 bits per heavy atom. The first-order valence-electron chi connectivity index (χ1n) is 5.76. The maximum Gasteiger partial charge on any atom is 0.323 e. The van der Waals surface area contributed by atoms with Crippen molar-refractivity contribution < 1.29 is 19.4 Å². The van der Waals surface area contributed by atoms with Crippen molar-refractivity contribution in [3.05, 3.63) is 30.1 Å². The van der Waals surface area contributed by atoms with Gasteiger partial charge in [0.25, 0.3) is 0 Å². The van der Waals surface area contributed by atoms with Crippen LogP contribution in [-0.2, 0) is 16.1 Å². The summed E-state index contributed by atoms with van der Waals surface area (Å²) < 4.78 is 4.84. The Morgan fingerprint density at radius 3 is 2.89 bits per heavy atom. The van der Waals surface area contributed by atoms with E-state index in [2.05, 4.69) is 10.3 Å². The highest BCUT2D eigenvalue weighted by Gasteiger charge is 2.15. The van der Waals surface area contributed by atoms with Crippen LogP contribution < -0.4 is 5.32 Å². The van der Waals surface area contributed by atoms with E-state index in [1.807, 2.05) is 6.07 Å². The molecule has 7 heteroatoms. The van der Waals surface area contributed by atoms with Crippen molar-refractivity contribution in [1.82, 2.24) is 15.2 Å². The summed E-state index contributed by atoms with van der Waals surface area (Å²) in [5, 5.41) is 11.4. The fourth-order valence-corrected chi connectivity index (χ4v) is 1.41. The number of aromatic nitrogens is 1. The summed E-state index contributed by atoms with van der Waals surface area (Å²) in [5.74, 6) is -1.06. The minimum atomic E-state index is -1.06. The van der Waals surface area contributed by atoms with Gasteiger partial charge in [-0.2, -0.15) is 0 Å².